The topological polar surface area (TPSA) is 44.8 Å². The largest absolute Gasteiger partial charge is 0.497 e. The zero-order valence-corrected chi connectivity index (χ0v) is 19.7. The fraction of sp³-hybridized carbons (Fsp3) is 0.640. The van der Waals surface area contributed by atoms with Gasteiger partial charge in [-0.25, -0.2) is 0 Å². The molecule has 5 heteroatoms. The zero-order chi connectivity index (χ0) is 21.4. The molecule has 0 aliphatic heterocycles. The van der Waals surface area contributed by atoms with E-state index in [9.17, 15) is 4.57 Å². The van der Waals surface area contributed by atoms with Crippen LogP contribution in [-0.2, 0) is 20.0 Å². The van der Waals surface area contributed by atoms with E-state index in [1.54, 1.807) is 18.5 Å². The lowest BCUT2D eigenvalue weighted by molar-refractivity contribution is 0.0815. The van der Waals surface area contributed by atoms with Gasteiger partial charge in [0.15, 0.2) is 0 Å². The Morgan fingerprint density at radius 3 is 2.63 bits per heavy atom. The van der Waals surface area contributed by atoms with Crippen LogP contribution in [0.3, 0.4) is 0 Å². The van der Waals surface area contributed by atoms with E-state index in [0.29, 0.717) is 25.0 Å². The molecule has 3 aliphatic rings. The molecule has 164 valence electrons. The van der Waals surface area contributed by atoms with Crippen LogP contribution in [0.15, 0.2) is 35.3 Å². The molecule has 30 heavy (non-hydrogen) atoms. The molecular formula is C25H35O4P. The number of fused-ring (bicyclic) bond motifs is 5. The fourth-order valence-electron chi connectivity index (χ4n) is 6.36. The van der Waals surface area contributed by atoms with Crippen LogP contribution in [0.5, 0.6) is 5.75 Å². The van der Waals surface area contributed by atoms with Gasteiger partial charge in [-0.1, -0.05) is 13.0 Å². The molecule has 0 amide bonds. The van der Waals surface area contributed by atoms with E-state index in [1.807, 2.05) is 13.8 Å². The summed E-state index contributed by atoms with van der Waals surface area (Å²) in [4.78, 5) is 0. The standard InChI is InChI=1S/C25H35O4P/c1-5-28-30(26,29-6-2)16-14-19-8-12-24-23-10-7-18-17-20(27-4)9-11-21(18)22(23)13-15-25(19,24)3/h9,11,16-17,22-24H,5-8,10,12-13,15H2,1-4H3/t14?,22-,23-,24+,25-/m1/s1. The van der Waals surface area contributed by atoms with Crippen LogP contribution in [0, 0.1) is 17.3 Å². The molecular weight excluding hydrogens is 395 g/mol. The van der Waals surface area contributed by atoms with Gasteiger partial charge >= 0.3 is 7.60 Å². The minimum atomic E-state index is -3.20. The molecule has 2 fully saturated rings. The van der Waals surface area contributed by atoms with E-state index < -0.39 is 7.60 Å². The maximum Gasteiger partial charge on any atom is 0.361 e. The van der Waals surface area contributed by atoms with Gasteiger partial charge in [-0.2, -0.15) is 0 Å². The van der Waals surface area contributed by atoms with Crippen molar-refractivity contribution in [3.05, 3.63) is 46.4 Å². The second kappa shape index (κ2) is 8.67. The maximum atomic E-state index is 12.9. The van der Waals surface area contributed by atoms with E-state index in [1.165, 1.54) is 30.4 Å². The number of rotatable bonds is 6. The first kappa shape index (κ1) is 21.9. The van der Waals surface area contributed by atoms with Crippen molar-refractivity contribution in [3.8, 4) is 5.75 Å². The molecule has 0 spiro atoms. The zero-order valence-electron chi connectivity index (χ0n) is 18.8. The molecule has 0 bridgehead atoms. The van der Waals surface area contributed by atoms with Crippen molar-refractivity contribution in [1.82, 2.24) is 0 Å². The summed E-state index contributed by atoms with van der Waals surface area (Å²) in [5.41, 5.74) is 7.89. The molecule has 0 N–H and O–H groups in total. The minimum Gasteiger partial charge on any atom is -0.497 e. The highest BCUT2D eigenvalue weighted by Crippen LogP contribution is 2.63. The molecule has 4 rings (SSSR count). The van der Waals surface area contributed by atoms with Crippen molar-refractivity contribution in [2.75, 3.05) is 20.3 Å². The lowest BCUT2D eigenvalue weighted by atomic mass is 9.55. The SMILES string of the molecule is CCOP(=O)(C=C=C1CC[C@H]2[C@@H]3CCc4cc(OC)ccc4[C@H]3CC[C@]12C)OCC. The number of ether oxygens (including phenoxy) is 1. The number of hydrogen-bond acceptors (Lipinski definition) is 4. The summed E-state index contributed by atoms with van der Waals surface area (Å²) in [6.45, 7) is 6.85. The number of methoxy groups -OCH3 is 1. The second-order valence-electron chi connectivity index (χ2n) is 9.10. The summed E-state index contributed by atoms with van der Waals surface area (Å²) in [6, 6.07) is 6.66. The summed E-state index contributed by atoms with van der Waals surface area (Å²) in [6.07, 6.45) is 6.99. The number of hydrogen-bond donors (Lipinski definition) is 0. The van der Waals surface area contributed by atoms with Gasteiger partial charge in [0.05, 0.1) is 26.1 Å². The minimum absolute atomic E-state index is 0.144. The summed E-state index contributed by atoms with van der Waals surface area (Å²) in [5.74, 6) is 4.60. The number of aryl methyl sites for hydroxylation is 1. The van der Waals surface area contributed by atoms with Crippen molar-refractivity contribution in [2.24, 2.45) is 17.3 Å². The predicted molar refractivity (Wildman–Crippen MR) is 120 cm³/mol. The molecule has 0 saturated heterocycles. The third kappa shape index (κ3) is 3.84. The first-order valence-corrected chi connectivity index (χ1v) is 13.1. The van der Waals surface area contributed by atoms with Crippen molar-refractivity contribution in [3.63, 3.8) is 0 Å². The molecule has 0 unspecified atom stereocenters. The molecule has 1 aromatic rings. The lowest BCUT2D eigenvalue weighted by Crippen LogP contribution is -2.40. The van der Waals surface area contributed by atoms with Crippen LogP contribution < -0.4 is 4.74 Å². The second-order valence-corrected chi connectivity index (χ2v) is 11.0. The Bertz CT molecular complexity index is 890. The van der Waals surface area contributed by atoms with Crippen molar-refractivity contribution < 1.29 is 18.3 Å². The van der Waals surface area contributed by atoms with Crippen molar-refractivity contribution >= 4 is 7.60 Å². The highest BCUT2D eigenvalue weighted by atomic mass is 31.2. The van der Waals surface area contributed by atoms with Gasteiger partial charge in [0, 0.05) is 0 Å². The Morgan fingerprint density at radius 1 is 1.17 bits per heavy atom. The van der Waals surface area contributed by atoms with E-state index in [2.05, 4.69) is 30.9 Å². The summed E-state index contributed by atoms with van der Waals surface area (Å²) >= 11 is 0. The highest BCUT2D eigenvalue weighted by molar-refractivity contribution is 7.57. The Morgan fingerprint density at radius 2 is 1.93 bits per heavy atom. The number of allylic oxidation sites excluding steroid dienone is 1. The first-order valence-electron chi connectivity index (χ1n) is 11.5. The van der Waals surface area contributed by atoms with E-state index in [0.717, 1.165) is 30.9 Å². The Labute approximate surface area is 181 Å². The molecule has 0 radical (unpaired) electrons. The van der Waals surface area contributed by atoms with Crippen LogP contribution >= 0.6 is 7.60 Å². The third-order valence-corrected chi connectivity index (χ3v) is 9.41. The van der Waals surface area contributed by atoms with E-state index in [4.69, 9.17) is 13.8 Å². The molecule has 0 heterocycles. The smallest absolute Gasteiger partial charge is 0.361 e. The summed E-state index contributed by atoms with van der Waals surface area (Å²) < 4.78 is 29.2. The van der Waals surface area contributed by atoms with Gasteiger partial charge in [0.1, 0.15) is 5.75 Å². The normalized spacial score (nSPS) is 30.1. The van der Waals surface area contributed by atoms with Gasteiger partial charge in [0.25, 0.3) is 0 Å². The van der Waals surface area contributed by atoms with E-state index in [-0.39, 0.29) is 5.41 Å². The van der Waals surface area contributed by atoms with Crippen LogP contribution in [0.25, 0.3) is 0 Å². The average Bonchev–Trinajstić information content (AvgIpc) is 3.08. The summed E-state index contributed by atoms with van der Waals surface area (Å²) in [5, 5.41) is 0. The maximum absolute atomic E-state index is 12.9. The van der Waals surface area contributed by atoms with Crippen LogP contribution in [0.2, 0.25) is 0 Å². The van der Waals surface area contributed by atoms with Gasteiger partial charge in [0.2, 0.25) is 0 Å². The first-order chi connectivity index (χ1) is 14.4. The monoisotopic (exact) mass is 430 g/mol. The van der Waals surface area contributed by atoms with Crippen molar-refractivity contribution in [2.45, 2.75) is 65.2 Å². The van der Waals surface area contributed by atoms with Crippen molar-refractivity contribution in [1.29, 1.82) is 0 Å². The molecule has 0 aromatic heterocycles. The van der Waals surface area contributed by atoms with Crippen LogP contribution in [-0.4, -0.2) is 20.3 Å². The Balaban J connectivity index is 1.61. The van der Waals surface area contributed by atoms with Gasteiger partial charge < -0.3 is 13.8 Å². The Hall–Kier alpha value is -1.31. The average molecular weight is 431 g/mol. The van der Waals surface area contributed by atoms with E-state index >= 15 is 0 Å². The lowest BCUT2D eigenvalue weighted by Gasteiger charge is -2.49. The fourth-order valence-corrected chi connectivity index (χ4v) is 7.62. The highest BCUT2D eigenvalue weighted by Gasteiger charge is 2.52. The molecule has 4 atom stereocenters. The van der Waals surface area contributed by atoms with Gasteiger partial charge in [-0.3, -0.25) is 4.57 Å². The Kier molecular flexibility index (Phi) is 6.33. The predicted octanol–water partition coefficient (Wildman–Crippen LogP) is 6.86. The molecule has 4 nitrogen and oxygen atoms in total. The molecule has 1 aromatic carbocycles. The molecule has 2 saturated carbocycles. The van der Waals surface area contributed by atoms with Gasteiger partial charge in [-0.15, -0.1) is 5.73 Å². The third-order valence-electron chi connectivity index (χ3n) is 7.73. The van der Waals surface area contributed by atoms with Crippen LogP contribution in [0.4, 0.5) is 0 Å². The summed E-state index contributed by atoms with van der Waals surface area (Å²) in [7, 11) is -1.45. The van der Waals surface area contributed by atoms with Crippen LogP contribution in [0.1, 0.15) is 69.9 Å². The molecule has 3 aliphatic carbocycles. The van der Waals surface area contributed by atoms with Gasteiger partial charge in [-0.05, 0) is 104 Å². The number of benzene rings is 1. The quantitative estimate of drug-likeness (QED) is 0.365.